The third-order valence-electron chi connectivity index (χ3n) is 5.08. The van der Waals surface area contributed by atoms with E-state index in [0.717, 1.165) is 27.9 Å². The summed E-state index contributed by atoms with van der Waals surface area (Å²) in [5.74, 6) is -0.672. The lowest BCUT2D eigenvalue weighted by Gasteiger charge is -2.15. The second kappa shape index (κ2) is 7.40. The highest BCUT2D eigenvalue weighted by atomic mass is 16.2. The smallest absolute Gasteiger partial charge is 0.282 e. The van der Waals surface area contributed by atoms with E-state index in [1.165, 1.54) is 4.90 Å². The third-order valence-corrected chi connectivity index (χ3v) is 5.08. The molecule has 0 bridgehead atoms. The van der Waals surface area contributed by atoms with Gasteiger partial charge in [0.1, 0.15) is 5.70 Å². The summed E-state index contributed by atoms with van der Waals surface area (Å²) in [6.45, 7) is 6.00. The zero-order chi connectivity index (χ0) is 20.5. The summed E-state index contributed by atoms with van der Waals surface area (Å²) in [5.41, 5.74) is 6.03. The zero-order valence-electron chi connectivity index (χ0n) is 16.7. The highest BCUT2D eigenvalue weighted by Gasteiger charge is 2.40. The Morgan fingerprint density at radius 3 is 2.03 bits per heavy atom. The Labute approximate surface area is 170 Å². The molecule has 29 heavy (non-hydrogen) atoms. The number of hydrogen-bond donors (Lipinski definition) is 1. The van der Waals surface area contributed by atoms with Gasteiger partial charge in [-0.1, -0.05) is 65.7 Å². The molecule has 0 unspecified atom stereocenters. The molecule has 1 heterocycles. The standard InChI is InChI=1S/C25H22N2O2/c1-16-9-12-19(13-10-16)22-23(26-21-14-11-17(2)15-18(21)3)25(29)27(24(22)28)20-7-5-4-6-8-20/h4-15,26H,1-3H3. The topological polar surface area (TPSA) is 49.4 Å². The van der Waals surface area contributed by atoms with Gasteiger partial charge in [-0.25, -0.2) is 4.90 Å². The van der Waals surface area contributed by atoms with Crippen LogP contribution in [0.4, 0.5) is 11.4 Å². The van der Waals surface area contributed by atoms with E-state index in [1.807, 2.05) is 81.4 Å². The van der Waals surface area contributed by atoms with Gasteiger partial charge in [-0.05, 0) is 50.1 Å². The van der Waals surface area contributed by atoms with E-state index in [4.69, 9.17) is 0 Å². The summed E-state index contributed by atoms with van der Waals surface area (Å²) in [7, 11) is 0. The van der Waals surface area contributed by atoms with Crippen LogP contribution in [0.2, 0.25) is 0 Å². The van der Waals surface area contributed by atoms with E-state index >= 15 is 0 Å². The molecule has 0 atom stereocenters. The van der Waals surface area contributed by atoms with Crippen LogP contribution < -0.4 is 10.2 Å². The number of carbonyl (C=O) groups is 2. The number of benzene rings is 3. The quantitative estimate of drug-likeness (QED) is 0.646. The van der Waals surface area contributed by atoms with E-state index in [9.17, 15) is 9.59 Å². The second-order valence-electron chi connectivity index (χ2n) is 7.34. The molecule has 1 aliphatic rings. The molecular formula is C25H22N2O2. The minimum atomic E-state index is -0.350. The van der Waals surface area contributed by atoms with Crippen molar-refractivity contribution in [3.63, 3.8) is 0 Å². The van der Waals surface area contributed by atoms with Crippen molar-refractivity contribution >= 4 is 28.8 Å². The molecule has 2 amide bonds. The average Bonchev–Trinajstić information content (AvgIpc) is 2.95. The number of nitrogens with zero attached hydrogens (tertiary/aromatic N) is 1. The predicted octanol–water partition coefficient (Wildman–Crippen LogP) is 5.01. The number of imide groups is 1. The number of hydrogen-bond acceptors (Lipinski definition) is 3. The molecule has 1 aliphatic heterocycles. The molecule has 144 valence electrons. The van der Waals surface area contributed by atoms with Crippen molar-refractivity contribution in [1.82, 2.24) is 0 Å². The van der Waals surface area contributed by atoms with Crippen LogP contribution in [0, 0.1) is 20.8 Å². The van der Waals surface area contributed by atoms with Crippen molar-refractivity contribution < 1.29 is 9.59 Å². The highest BCUT2D eigenvalue weighted by Crippen LogP contribution is 2.34. The first-order chi connectivity index (χ1) is 14.0. The molecule has 1 N–H and O–H groups in total. The monoisotopic (exact) mass is 382 g/mol. The van der Waals surface area contributed by atoms with Crippen LogP contribution in [0.3, 0.4) is 0 Å². The van der Waals surface area contributed by atoms with Crippen LogP contribution in [0.1, 0.15) is 22.3 Å². The largest absolute Gasteiger partial charge is 0.350 e. The van der Waals surface area contributed by atoms with E-state index in [2.05, 4.69) is 5.32 Å². The Morgan fingerprint density at radius 1 is 0.724 bits per heavy atom. The number of amides is 2. The molecule has 3 aromatic carbocycles. The minimum Gasteiger partial charge on any atom is -0.350 e. The molecule has 0 spiro atoms. The van der Waals surface area contributed by atoms with Gasteiger partial charge in [-0.2, -0.15) is 0 Å². The second-order valence-corrected chi connectivity index (χ2v) is 7.34. The minimum absolute atomic E-state index is 0.301. The summed E-state index contributed by atoms with van der Waals surface area (Å²) < 4.78 is 0. The van der Waals surface area contributed by atoms with Crippen LogP contribution in [-0.4, -0.2) is 11.8 Å². The zero-order valence-corrected chi connectivity index (χ0v) is 16.7. The summed E-state index contributed by atoms with van der Waals surface area (Å²) >= 11 is 0. The van der Waals surface area contributed by atoms with Gasteiger partial charge in [0.25, 0.3) is 11.8 Å². The number of anilines is 2. The molecule has 0 saturated heterocycles. The fraction of sp³-hybridized carbons (Fsp3) is 0.120. The maximum atomic E-state index is 13.3. The summed E-state index contributed by atoms with van der Waals surface area (Å²) in [6.07, 6.45) is 0. The lowest BCUT2D eigenvalue weighted by atomic mass is 10.0. The van der Waals surface area contributed by atoms with Crippen LogP contribution in [-0.2, 0) is 9.59 Å². The van der Waals surface area contributed by atoms with Crippen molar-refractivity contribution in [3.05, 3.63) is 101 Å². The van der Waals surface area contributed by atoms with Crippen molar-refractivity contribution in [2.75, 3.05) is 10.2 Å². The molecule has 0 radical (unpaired) electrons. The van der Waals surface area contributed by atoms with Crippen molar-refractivity contribution in [2.24, 2.45) is 0 Å². The van der Waals surface area contributed by atoms with Crippen LogP contribution in [0.15, 0.2) is 78.5 Å². The van der Waals surface area contributed by atoms with Gasteiger partial charge in [-0.3, -0.25) is 9.59 Å². The van der Waals surface area contributed by atoms with Gasteiger partial charge in [0.05, 0.1) is 11.3 Å². The van der Waals surface area contributed by atoms with E-state index < -0.39 is 0 Å². The Balaban J connectivity index is 1.84. The summed E-state index contributed by atoms with van der Waals surface area (Å²) in [4.78, 5) is 27.9. The van der Waals surface area contributed by atoms with Crippen LogP contribution in [0.25, 0.3) is 5.57 Å². The molecule has 4 heteroatoms. The molecule has 4 nitrogen and oxygen atoms in total. The van der Waals surface area contributed by atoms with E-state index in [1.54, 1.807) is 12.1 Å². The molecule has 3 aromatic rings. The number of aryl methyl sites for hydroxylation is 3. The van der Waals surface area contributed by atoms with Gasteiger partial charge in [-0.15, -0.1) is 0 Å². The van der Waals surface area contributed by atoms with E-state index in [0.29, 0.717) is 17.0 Å². The summed E-state index contributed by atoms with van der Waals surface area (Å²) in [5, 5.41) is 3.25. The summed E-state index contributed by atoms with van der Waals surface area (Å²) in [6, 6.07) is 22.6. The SMILES string of the molecule is Cc1ccc(C2=C(Nc3ccc(C)cc3C)C(=O)N(c3ccccc3)C2=O)cc1. The molecule has 0 aromatic heterocycles. The Morgan fingerprint density at radius 2 is 1.38 bits per heavy atom. The van der Waals surface area contributed by atoms with Gasteiger partial charge < -0.3 is 5.32 Å². The lowest BCUT2D eigenvalue weighted by molar-refractivity contribution is -0.120. The van der Waals surface area contributed by atoms with Crippen molar-refractivity contribution in [3.8, 4) is 0 Å². The maximum Gasteiger partial charge on any atom is 0.282 e. The molecular weight excluding hydrogens is 360 g/mol. The molecule has 0 fully saturated rings. The number of carbonyl (C=O) groups excluding carboxylic acids is 2. The Bertz CT molecular complexity index is 1130. The van der Waals surface area contributed by atoms with Crippen molar-refractivity contribution in [2.45, 2.75) is 20.8 Å². The fourth-order valence-corrected chi connectivity index (χ4v) is 3.53. The number of rotatable bonds is 4. The highest BCUT2D eigenvalue weighted by molar-refractivity contribution is 6.46. The normalized spacial score (nSPS) is 14.0. The van der Waals surface area contributed by atoms with Crippen LogP contribution >= 0.6 is 0 Å². The Hall–Kier alpha value is -3.66. The first kappa shape index (κ1) is 18.7. The van der Waals surface area contributed by atoms with Gasteiger partial charge >= 0.3 is 0 Å². The van der Waals surface area contributed by atoms with Crippen molar-refractivity contribution in [1.29, 1.82) is 0 Å². The maximum absolute atomic E-state index is 13.3. The van der Waals surface area contributed by atoms with Gasteiger partial charge in [0.15, 0.2) is 0 Å². The average molecular weight is 382 g/mol. The number of nitrogens with one attached hydrogen (secondary N) is 1. The lowest BCUT2D eigenvalue weighted by Crippen LogP contribution is -2.32. The predicted molar refractivity (Wildman–Crippen MR) is 117 cm³/mol. The molecule has 0 saturated carbocycles. The van der Waals surface area contributed by atoms with E-state index in [-0.39, 0.29) is 11.8 Å². The molecule has 0 aliphatic carbocycles. The fourth-order valence-electron chi connectivity index (χ4n) is 3.53. The van der Waals surface area contributed by atoms with Gasteiger partial charge in [0.2, 0.25) is 0 Å². The first-order valence-corrected chi connectivity index (χ1v) is 9.55. The third kappa shape index (κ3) is 3.45. The Kier molecular flexibility index (Phi) is 4.77. The van der Waals surface area contributed by atoms with Gasteiger partial charge in [0, 0.05) is 5.69 Å². The molecule has 4 rings (SSSR count). The first-order valence-electron chi connectivity index (χ1n) is 9.55. The van der Waals surface area contributed by atoms with Crippen LogP contribution in [0.5, 0.6) is 0 Å². The number of para-hydroxylation sites is 1.